The van der Waals surface area contributed by atoms with Crippen molar-refractivity contribution in [3.05, 3.63) is 11.2 Å². The second-order valence-electron chi connectivity index (χ2n) is 2.49. The van der Waals surface area contributed by atoms with Gasteiger partial charge in [0, 0.05) is 6.08 Å². The molecule has 1 aliphatic heterocycles. The molecule has 0 saturated heterocycles. The van der Waals surface area contributed by atoms with Crippen molar-refractivity contribution in [1.29, 1.82) is 0 Å². The maximum Gasteiger partial charge on any atom is 0.156 e. The Morgan fingerprint density at radius 2 is 2.38 bits per heavy atom. The molecule has 1 aliphatic rings. The van der Waals surface area contributed by atoms with Crippen LogP contribution in [0.15, 0.2) is 16.3 Å². The number of hydrogen-bond donors (Lipinski definition) is 1. The average molecular weight is 224 g/mol. The maximum absolute atomic E-state index is 5.68. The highest BCUT2D eigenvalue weighted by molar-refractivity contribution is 6.69. The molecule has 0 atom stereocenters. The lowest BCUT2D eigenvalue weighted by atomic mass is 10.4. The van der Waals surface area contributed by atoms with Crippen LogP contribution in [0, 0.1) is 0 Å². The third kappa shape index (κ3) is 3.85. The maximum atomic E-state index is 5.68. The molecule has 13 heavy (non-hydrogen) atoms. The zero-order valence-electron chi connectivity index (χ0n) is 7.26. The van der Waals surface area contributed by atoms with Gasteiger partial charge in [-0.3, -0.25) is 0 Å². The van der Waals surface area contributed by atoms with Crippen LogP contribution in [0.4, 0.5) is 0 Å². The smallest absolute Gasteiger partial charge is 0.156 e. The van der Waals surface area contributed by atoms with Crippen LogP contribution in [0.1, 0.15) is 19.8 Å². The molecule has 74 valence electrons. The highest BCUT2D eigenvalue weighted by atomic mass is 35.5. The zero-order chi connectivity index (χ0) is 9.68. The number of rotatable bonds is 4. The van der Waals surface area contributed by atoms with E-state index in [4.69, 9.17) is 28.0 Å². The van der Waals surface area contributed by atoms with Crippen LogP contribution in [-0.2, 0) is 4.84 Å². The van der Waals surface area contributed by atoms with Crippen molar-refractivity contribution in [3.8, 4) is 0 Å². The van der Waals surface area contributed by atoms with Crippen LogP contribution >= 0.6 is 23.2 Å². The highest BCUT2D eigenvalue weighted by Gasteiger charge is 2.09. The van der Waals surface area contributed by atoms with Crippen molar-refractivity contribution in [2.75, 3.05) is 6.61 Å². The van der Waals surface area contributed by atoms with E-state index in [1.54, 1.807) is 0 Å². The summed E-state index contributed by atoms with van der Waals surface area (Å²) in [6.45, 7) is 2.66. The lowest BCUT2D eigenvalue weighted by Gasteiger charge is -2.21. The third-order valence-corrected chi connectivity index (χ3v) is 1.72. The summed E-state index contributed by atoms with van der Waals surface area (Å²) < 4.78 is 0. The van der Waals surface area contributed by atoms with E-state index in [2.05, 4.69) is 17.5 Å². The van der Waals surface area contributed by atoms with Crippen LogP contribution in [0.2, 0.25) is 0 Å². The van der Waals surface area contributed by atoms with Crippen LogP contribution < -0.4 is 5.43 Å². The fourth-order valence-electron chi connectivity index (χ4n) is 0.725. The quantitative estimate of drug-likeness (QED) is 0.587. The van der Waals surface area contributed by atoms with Crippen molar-refractivity contribution in [3.63, 3.8) is 0 Å². The van der Waals surface area contributed by atoms with Gasteiger partial charge in [-0.15, -0.1) is 5.10 Å². The van der Waals surface area contributed by atoms with Crippen molar-refractivity contribution >= 4 is 28.4 Å². The van der Waals surface area contributed by atoms with E-state index in [-0.39, 0.29) is 0 Å². The largest absolute Gasteiger partial charge is 0.246 e. The van der Waals surface area contributed by atoms with Crippen LogP contribution in [-0.4, -0.2) is 17.1 Å². The van der Waals surface area contributed by atoms with Gasteiger partial charge >= 0.3 is 0 Å². The SMILES string of the molecule is CCCCON1N=C(Cl)C=C(Cl)N1. The first kappa shape index (κ1) is 10.6. The number of allylic oxidation sites excluding steroid dienone is 1. The molecule has 1 heterocycles. The molecule has 0 amide bonds. The summed E-state index contributed by atoms with van der Waals surface area (Å²) in [5.74, 6) is 0. The fraction of sp³-hybridized carbons (Fsp3) is 0.571. The molecule has 0 fully saturated rings. The molecular weight excluding hydrogens is 213 g/mol. The summed E-state index contributed by atoms with van der Waals surface area (Å²) in [7, 11) is 0. The monoisotopic (exact) mass is 223 g/mol. The Balaban J connectivity index is 2.33. The molecule has 0 unspecified atom stereocenters. The van der Waals surface area contributed by atoms with Gasteiger partial charge in [-0.05, 0) is 6.42 Å². The number of unbranched alkanes of at least 4 members (excludes halogenated alkanes) is 1. The van der Waals surface area contributed by atoms with Crippen molar-refractivity contribution in [1.82, 2.24) is 10.7 Å². The fourth-order valence-corrected chi connectivity index (χ4v) is 1.13. The number of nitrogens with zero attached hydrogens (tertiary/aromatic N) is 2. The highest BCUT2D eigenvalue weighted by Crippen LogP contribution is 2.08. The molecule has 0 aromatic rings. The van der Waals surface area contributed by atoms with E-state index < -0.39 is 0 Å². The summed E-state index contributed by atoms with van der Waals surface area (Å²) in [5, 5.41) is 5.67. The van der Waals surface area contributed by atoms with E-state index in [1.165, 1.54) is 11.4 Å². The lowest BCUT2D eigenvalue weighted by molar-refractivity contribution is -0.188. The number of nitrogens with one attached hydrogen (secondary N) is 1. The summed E-state index contributed by atoms with van der Waals surface area (Å²) in [4.78, 5) is 5.19. The van der Waals surface area contributed by atoms with Gasteiger partial charge in [-0.25, -0.2) is 10.3 Å². The molecule has 0 aromatic carbocycles. The molecule has 0 spiro atoms. The Morgan fingerprint density at radius 1 is 1.62 bits per heavy atom. The first-order chi connectivity index (χ1) is 6.22. The number of halogens is 2. The minimum Gasteiger partial charge on any atom is -0.246 e. The van der Waals surface area contributed by atoms with Crippen molar-refractivity contribution in [2.24, 2.45) is 5.10 Å². The van der Waals surface area contributed by atoms with Gasteiger partial charge in [0.25, 0.3) is 0 Å². The van der Waals surface area contributed by atoms with Crippen LogP contribution in [0.5, 0.6) is 0 Å². The molecule has 0 aromatic heterocycles. The summed E-state index contributed by atoms with van der Waals surface area (Å²) in [5.41, 5.74) is 2.67. The molecule has 0 saturated carbocycles. The third-order valence-electron chi connectivity index (χ3n) is 1.35. The molecule has 1 rings (SSSR count). The second kappa shape index (κ2) is 5.32. The number of hydrazine groups is 1. The van der Waals surface area contributed by atoms with Crippen LogP contribution in [0.25, 0.3) is 0 Å². The Hall–Kier alpha value is -0.450. The Kier molecular flexibility index (Phi) is 4.35. The van der Waals surface area contributed by atoms with Crippen molar-refractivity contribution in [2.45, 2.75) is 19.8 Å². The van der Waals surface area contributed by atoms with Crippen molar-refractivity contribution < 1.29 is 4.84 Å². The summed E-state index contributed by atoms with van der Waals surface area (Å²) in [6.07, 6.45) is 3.53. The number of hydrogen-bond acceptors (Lipinski definition) is 4. The summed E-state index contributed by atoms with van der Waals surface area (Å²) in [6, 6.07) is 0. The van der Waals surface area contributed by atoms with Gasteiger partial charge in [0.2, 0.25) is 0 Å². The first-order valence-electron chi connectivity index (χ1n) is 4.03. The zero-order valence-corrected chi connectivity index (χ0v) is 8.77. The Bertz CT molecular complexity index is 230. The lowest BCUT2D eigenvalue weighted by Crippen LogP contribution is -2.35. The predicted molar refractivity (Wildman–Crippen MR) is 53.1 cm³/mol. The molecule has 6 heteroatoms. The summed E-state index contributed by atoms with van der Waals surface area (Å²) >= 11 is 11.3. The van der Waals surface area contributed by atoms with E-state index in [1.807, 2.05) is 0 Å². The minimum absolute atomic E-state index is 0.292. The molecule has 1 N–H and O–H groups in total. The van der Waals surface area contributed by atoms with E-state index >= 15 is 0 Å². The van der Waals surface area contributed by atoms with E-state index in [0.29, 0.717) is 16.9 Å². The second-order valence-corrected chi connectivity index (χ2v) is 3.28. The van der Waals surface area contributed by atoms with Crippen LogP contribution in [0.3, 0.4) is 0 Å². The van der Waals surface area contributed by atoms with Gasteiger partial charge in [-0.1, -0.05) is 41.8 Å². The Morgan fingerprint density at radius 3 is 3.00 bits per heavy atom. The van der Waals surface area contributed by atoms with Gasteiger partial charge in [0.1, 0.15) is 5.16 Å². The van der Waals surface area contributed by atoms with E-state index in [0.717, 1.165) is 12.8 Å². The average Bonchev–Trinajstić information content (AvgIpc) is 2.03. The molecule has 4 nitrogen and oxygen atoms in total. The molecular formula is C7H11Cl2N3O. The topological polar surface area (TPSA) is 36.9 Å². The van der Waals surface area contributed by atoms with Gasteiger partial charge in [-0.2, -0.15) is 0 Å². The Labute approximate surface area is 87.1 Å². The van der Waals surface area contributed by atoms with Gasteiger partial charge < -0.3 is 0 Å². The first-order valence-corrected chi connectivity index (χ1v) is 4.79. The minimum atomic E-state index is 0.292. The van der Waals surface area contributed by atoms with E-state index in [9.17, 15) is 0 Å². The molecule has 0 aliphatic carbocycles. The molecule has 0 bridgehead atoms. The predicted octanol–water partition coefficient (Wildman–Crippen LogP) is 2.17. The van der Waals surface area contributed by atoms with Gasteiger partial charge in [0.05, 0.1) is 6.61 Å². The normalized spacial score (nSPS) is 16.4. The number of hydrazone groups is 1. The van der Waals surface area contributed by atoms with Gasteiger partial charge in [0.15, 0.2) is 5.17 Å². The standard InChI is InChI=1S/C7H11Cl2N3O/c1-2-3-4-13-12-10-6(8)5-7(9)11-12/h5,10H,2-4H2,1H3. The molecule has 0 radical (unpaired) electrons.